The Balaban J connectivity index is 1.60. The van der Waals surface area contributed by atoms with Crippen LogP contribution < -0.4 is 0 Å². The minimum atomic E-state index is 0.867. The first-order valence-corrected chi connectivity index (χ1v) is 10.6. The molecule has 1 fully saturated rings. The van der Waals surface area contributed by atoms with E-state index in [2.05, 4.69) is 82.0 Å². The lowest BCUT2D eigenvalue weighted by Gasteiger charge is -2.16. The summed E-state index contributed by atoms with van der Waals surface area (Å²) < 4.78 is 2.23. The Labute approximate surface area is 165 Å². The van der Waals surface area contributed by atoms with E-state index in [-0.39, 0.29) is 0 Å². The molecule has 0 bridgehead atoms. The Morgan fingerprint density at radius 2 is 1.63 bits per heavy atom. The molecule has 0 unspecified atom stereocenters. The van der Waals surface area contributed by atoms with Gasteiger partial charge in [-0.25, -0.2) is 0 Å². The zero-order valence-corrected chi connectivity index (χ0v) is 16.9. The van der Waals surface area contributed by atoms with Crippen molar-refractivity contribution in [3.8, 4) is 5.69 Å². The van der Waals surface area contributed by atoms with E-state index in [0.717, 1.165) is 42.1 Å². The number of likely N-dealkylation sites (tertiary alicyclic amines) is 1. The van der Waals surface area contributed by atoms with Crippen LogP contribution in [-0.4, -0.2) is 32.8 Å². The maximum Gasteiger partial charge on any atom is 0.196 e. The minimum absolute atomic E-state index is 0.867. The Hall–Kier alpha value is -2.11. The second-order valence-corrected chi connectivity index (χ2v) is 8.28. The van der Waals surface area contributed by atoms with Gasteiger partial charge in [-0.15, -0.1) is 10.2 Å². The van der Waals surface area contributed by atoms with Crippen LogP contribution in [0.1, 0.15) is 35.4 Å². The van der Waals surface area contributed by atoms with Gasteiger partial charge in [0.25, 0.3) is 0 Å². The summed E-state index contributed by atoms with van der Waals surface area (Å²) in [6.45, 7) is 7.50. The molecule has 2 aromatic carbocycles. The lowest BCUT2D eigenvalue weighted by molar-refractivity contribution is 0.319. The first-order valence-electron chi connectivity index (χ1n) is 9.61. The van der Waals surface area contributed by atoms with E-state index in [0.29, 0.717) is 0 Å². The monoisotopic (exact) mass is 378 g/mol. The fourth-order valence-electron chi connectivity index (χ4n) is 3.77. The predicted octanol–water partition coefficient (Wildman–Crippen LogP) is 4.77. The van der Waals surface area contributed by atoms with E-state index in [1.54, 1.807) is 11.8 Å². The molecule has 0 aliphatic carbocycles. The topological polar surface area (TPSA) is 34.0 Å². The Kier molecular flexibility index (Phi) is 5.60. The number of para-hydroxylation sites is 1. The van der Waals surface area contributed by atoms with E-state index in [1.165, 1.54) is 29.5 Å². The Morgan fingerprint density at radius 1 is 0.926 bits per heavy atom. The quantitative estimate of drug-likeness (QED) is 0.579. The molecule has 0 saturated carbocycles. The van der Waals surface area contributed by atoms with Crippen LogP contribution in [0.2, 0.25) is 0 Å². The van der Waals surface area contributed by atoms with E-state index in [1.807, 2.05) is 0 Å². The zero-order valence-electron chi connectivity index (χ0n) is 16.1. The third kappa shape index (κ3) is 4.42. The second-order valence-electron chi connectivity index (χ2n) is 7.34. The summed E-state index contributed by atoms with van der Waals surface area (Å²) in [5.74, 6) is 1.93. The normalized spacial score (nSPS) is 14.7. The molecule has 1 saturated heterocycles. The SMILES string of the molecule is Cc1cc(C)cc(CSc2nnc(CN3CCCC3)n2-c2ccccc2)c1. The van der Waals surface area contributed by atoms with Crippen LogP contribution in [0.15, 0.2) is 53.7 Å². The molecule has 4 nitrogen and oxygen atoms in total. The highest BCUT2D eigenvalue weighted by Gasteiger charge is 2.19. The van der Waals surface area contributed by atoms with Crippen molar-refractivity contribution < 1.29 is 0 Å². The summed E-state index contributed by atoms with van der Waals surface area (Å²) in [5.41, 5.74) is 5.09. The first-order chi connectivity index (χ1) is 13.2. The lowest BCUT2D eigenvalue weighted by Crippen LogP contribution is -2.21. The van der Waals surface area contributed by atoms with Crippen LogP contribution in [0, 0.1) is 13.8 Å². The number of benzene rings is 2. The van der Waals surface area contributed by atoms with Gasteiger partial charge in [-0.1, -0.05) is 59.3 Å². The number of hydrogen-bond acceptors (Lipinski definition) is 4. The highest BCUT2D eigenvalue weighted by Crippen LogP contribution is 2.27. The molecule has 0 atom stereocenters. The fourth-order valence-corrected chi connectivity index (χ4v) is 4.67. The van der Waals surface area contributed by atoms with Crippen LogP contribution in [0.5, 0.6) is 0 Å². The number of nitrogens with zero attached hydrogens (tertiary/aromatic N) is 4. The fraction of sp³-hybridized carbons (Fsp3) is 0.364. The summed E-state index contributed by atoms with van der Waals surface area (Å²) in [6.07, 6.45) is 2.57. The third-order valence-electron chi connectivity index (χ3n) is 4.93. The predicted molar refractivity (Wildman–Crippen MR) is 111 cm³/mol. The molecule has 2 heterocycles. The van der Waals surface area contributed by atoms with Gasteiger partial charge in [0, 0.05) is 11.4 Å². The van der Waals surface area contributed by atoms with E-state index in [9.17, 15) is 0 Å². The van der Waals surface area contributed by atoms with Gasteiger partial charge in [-0.05, 0) is 57.5 Å². The molecule has 140 valence electrons. The van der Waals surface area contributed by atoms with E-state index < -0.39 is 0 Å². The number of aryl methyl sites for hydroxylation is 2. The summed E-state index contributed by atoms with van der Waals surface area (Å²) in [5, 5.41) is 10.1. The second kappa shape index (κ2) is 8.28. The largest absolute Gasteiger partial charge is 0.296 e. The molecule has 1 aromatic heterocycles. The van der Waals surface area contributed by atoms with Crippen molar-refractivity contribution in [2.75, 3.05) is 13.1 Å². The highest BCUT2D eigenvalue weighted by atomic mass is 32.2. The van der Waals surface area contributed by atoms with Crippen LogP contribution in [0.4, 0.5) is 0 Å². The van der Waals surface area contributed by atoms with Gasteiger partial charge >= 0.3 is 0 Å². The van der Waals surface area contributed by atoms with Crippen LogP contribution >= 0.6 is 11.8 Å². The van der Waals surface area contributed by atoms with Crippen LogP contribution in [0.3, 0.4) is 0 Å². The number of hydrogen-bond donors (Lipinski definition) is 0. The molecule has 1 aliphatic rings. The molecule has 0 N–H and O–H groups in total. The zero-order chi connectivity index (χ0) is 18.6. The number of thioether (sulfide) groups is 1. The van der Waals surface area contributed by atoms with Gasteiger partial charge in [0.1, 0.15) is 0 Å². The van der Waals surface area contributed by atoms with Gasteiger partial charge in [0.05, 0.1) is 6.54 Å². The number of aromatic nitrogens is 3. The minimum Gasteiger partial charge on any atom is -0.296 e. The van der Waals surface area contributed by atoms with Crippen molar-refractivity contribution in [3.63, 3.8) is 0 Å². The van der Waals surface area contributed by atoms with Crippen LogP contribution in [0.25, 0.3) is 5.69 Å². The van der Waals surface area contributed by atoms with Crippen molar-refractivity contribution in [2.45, 2.75) is 44.1 Å². The Bertz CT molecular complexity index is 878. The van der Waals surface area contributed by atoms with E-state index in [4.69, 9.17) is 0 Å². The summed E-state index contributed by atoms with van der Waals surface area (Å²) in [4.78, 5) is 2.47. The van der Waals surface area contributed by atoms with E-state index >= 15 is 0 Å². The Morgan fingerprint density at radius 3 is 2.33 bits per heavy atom. The number of rotatable bonds is 6. The molecular formula is C22H26N4S. The maximum absolute atomic E-state index is 4.55. The van der Waals surface area contributed by atoms with Crippen molar-refractivity contribution in [2.24, 2.45) is 0 Å². The van der Waals surface area contributed by atoms with Crippen LogP contribution in [-0.2, 0) is 12.3 Å². The van der Waals surface area contributed by atoms with Crippen molar-refractivity contribution >= 4 is 11.8 Å². The molecule has 0 spiro atoms. The third-order valence-corrected chi connectivity index (χ3v) is 5.93. The molecule has 27 heavy (non-hydrogen) atoms. The summed E-state index contributed by atoms with van der Waals surface area (Å²) >= 11 is 1.76. The standard InChI is InChI=1S/C22H26N4S/c1-17-12-18(2)14-19(13-17)16-27-22-24-23-21(15-25-10-6-7-11-25)26(22)20-8-4-3-5-9-20/h3-5,8-9,12-14H,6-7,10-11,15-16H2,1-2H3. The molecule has 1 aliphatic heterocycles. The van der Waals surface area contributed by atoms with Crippen molar-refractivity contribution in [1.29, 1.82) is 0 Å². The molecular weight excluding hydrogens is 352 g/mol. The summed E-state index contributed by atoms with van der Waals surface area (Å²) in [7, 11) is 0. The average molecular weight is 379 g/mol. The lowest BCUT2D eigenvalue weighted by atomic mass is 10.1. The highest BCUT2D eigenvalue weighted by molar-refractivity contribution is 7.98. The van der Waals surface area contributed by atoms with Crippen molar-refractivity contribution in [3.05, 3.63) is 71.0 Å². The van der Waals surface area contributed by atoms with Gasteiger partial charge in [-0.2, -0.15) is 0 Å². The molecule has 4 rings (SSSR count). The molecule has 3 aromatic rings. The van der Waals surface area contributed by atoms with Gasteiger partial charge in [0.2, 0.25) is 0 Å². The van der Waals surface area contributed by atoms with Gasteiger partial charge < -0.3 is 0 Å². The average Bonchev–Trinajstić information content (AvgIpc) is 3.30. The van der Waals surface area contributed by atoms with Gasteiger partial charge in [-0.3, -0.25) is 9.47 Å². The molecule has 5 heteroatoms. The first kappa shape index (κ1) is 18.3. The maximum atomic E-state index is 4.55. The molecule has 0 radical (unpaired) electrons. The van der Waals surface area contributed by atoms with Crippen molar-refractivity contribution in [1.82, 2.24) is 19.7 Å². The smallest absolute Gasteiger partial charge is 0.196 e. The van der Waals surface area contributed by atoms with Gasteiger partial charge in [0.15, 0.2) is 11.0 Å². The molecule has 0 amide bonds. The summed E-state index contributed by atoms with van der Waals surface area (Å²) in [6, 6.07) is 17.2.